The summed E-state index contributed by atoms with van der Waals surface area (Å²) in [4.78, 5) is 21.8. The SMILES string of the molecule is CC(C)(C)OC(=O)N1CC=C(c2cc3c(SCl)ccnc3s2)C1(C)C. The number of fused-ring (bicyclic) bond motifs is 1. The number of carbonyl (C=O) groups excluding carboxylic acids is 1. The van der Waals surface area contributed by atoms with E-state index < -0.39 is 11.1 Å². The third-order valence-electron chi connectivity index (χ3n) is 4.17. The molecule has 0 N–H and O–H groups in total. The van der Waals surface area contributed by atoms with E-state index in [1.54, 1.807) is 22.4 Å². The molecule has 1 aliphatic rings. The lowest BCUT2D eigenvalue weighted by Crippen LogP contribution is -2.46. The molecule has 134 valence electrons. The number of thiophene rings is 1. The van der Waals surface area contributed by atoms with Gasteiger partial charge in [-0.2, -0.15) is 0 Å². The van der Waals surface area contributed by atoms with Crippen LogP contribution in [0.3, 0.4) is 0 Å². The lowest BCUT2D eigenvalue weighted by Gasteiger charge is -2.35. The molecule has 0 radical (unpaired) electrons. The highest BCUT2D eigenvalue weighted by Gasteiger charge is 2.41. The van der Waals surface area contributed by atoms with E-state index in [4.69, 9.17) is 15.4 Å². The summed E-state index contributed by atoms with van der Waals surface area (Å²) in [6, 6.07) is 4.03. The Kier molecular flexibility index (Phi) is 4.81. The molecule has 0 fully saturated rings. The van der Waals surface area contributed by atoms with Gasteiger partial charge in [0, 0.05) is 27.9 Å². The normalized spacial score (nSPS) is 17.0. The monoisotopic (exact) mass is 396 g/mol. The highest BCUT2D eigenvalue weighted by molar-refractivity contribution is 8.21. The predicted molar refractivity (Wildman–Crippen MR) is 106 cm³/mol. The second-order valence-corrected chi connectivity index (χ2v) is 9.57. The quantitative estimate of drug-likeness (QED) is 0.628. The molecule has 2 aromatic rings. The van der Waals surface area contributed by atoms with Crippen molar-refractivity contribution in [2.75, 3.05) is 6.54 Å². The Morgan fingerprint density at radius 3 is 2.80 bits per heavy atom. The van der Waals surface area contributed by atoms with Crippen LogP contribution in [0, 0.1) is 0 Å². The summed E-state index contributed by atoms with van der Waals surface area (Å²) in [6.07, 6.45) is 3.58. The molecule has 3 rings (SSSR count). The first-order valence-electron chi connectivity index (χ1n) is 8.02. The Bertz CT molecular complexity index is 852. The fourth-order valence-corrected chi connectivity index (χ4v) is 4.98. The van der Waals surface area contributed by atoms with Gasteiger partial charge in [0.1, 0.15) is 10.4 Å². The summed E-state index contributed by atoms with van der Waals surface area (Å²) in [6.45, 7) is 10.3. The lowest BCUT2D eigenvalue weighted by molar-refractivity contribution is 0.0172. The number of carbonyl (C=O) groups is 1. The van der Waals surface area contributed by atoms with Crippen LogP contribution in [0.1, 0.15) is 39.5 Å². The largest absolute Gasteiger partial charge is 0.444 e. The Balaban J connectivity index is 1.93. The van der Waals surface area contributed by atoms with Crippen LogP contribution in [-0.2, 0) is 4.74 Å². The fourth-order valence-electron chi connectivity index (χ4n) is 2.94. The molecule has 0 unspecified atom stereocenters. The molecule has 0 spiro atoms. The summed E-state index contributed by atoms with van der Waals surface area (Å²) >= 11 is 1.62. The van der Waals surface area contributed by atoms with Crippen LogP contribution in [0.15, 0.2) is 29.3 Å². The Hall–Kier alpha value is -1.24. The number of pyridine rings is 1. The van der Waals surface area contributed by atoms with E-state index in [1.165, 1.54) is 11.0 Å². The van der Waals surface area contributed by atoms with Crippen molar-refractivity contribution in [2.24, 2.45) is 0 Å². The van der Waals surface area contributed by atoms with Gasteiger partial charge in [-0.15, -0.1) is 11.3 Å². The molecule has 25 heavy (non-hydrogen) atoms. The summed E-state index contributed by atoms with van der Waals surface area (Å²) in [5.41, 5.74) is 0.161. The van der Waals surface area contributed by atoms with Crippen LogP contribution < -0.4 is 0 Å². The molecule has 1 aliphatic heterocycles. The van der Waals surface area contributed by atoms with Crippen molar-refractivity contribution < 1.29 is 9.53 Å². The molecule has 3 heterocycles. The van der Waals surface area contributed by atoms with E-state index in [0.717, 1.165) is 25.6 Å². The average Bonchev–Trinajstić information content (AvgIpc) is 3.04. The lowest BCUT2D eigenvalue weighted by atomic mass is 9.94. The predicted octanol–water partition coefficient (Wildman–Crippen LogP) is 5.95. The number of halogens is 1. The maximum Gasteiger partial charge on any atom is 0.411 e. The van der Waals surface area contributed by atoms with Crippen LogP contribution in [0.4, 0.5) is 4.79 Å². The molecule has 1 amide bonds. The van der Waals surface area contributed by atoms with Gasteiger partial charge in [0.25, 0.3) is 0 Å². The summed E-state index contributed by atoms with van der Waals surface area (Å²) < 4.78 is 5.56. The van der Waals surface area contributed by atoms with Crippen LogP contribution in [-0.4, -0.2) is 33.7 Å². The minimum absolute atomic E-state index is 0.292. The molecule has 7 heteroatoms. The molecule has 0 saturated carbocycles. The van der Waals surface area contributed by atoms with Gasteiger partial charge >= 0.3 is 6.09 Å². The van der Waals surface area contributed by atoms with Crippen LogP contribution in [0.25, 0.3) is 15.8 Å². The van der Waals surface area contributed by atoms with E-state index in [9.17, 15) is 4.79 Å². The molecular weight excluding hydrogens is 376 g/mol. The average molecular weight is 397 g/mol. The zero-order valence-corrected chi connectivity index (χ0v) is 17.3. The second kappa shape index (κ2) is 6.49. The Morgan fingerprint density at radius 2 is 2.16 bits per heavy atom. The maximum absolute atomic E-state index is 12.6. The van der Waals surface area contributed by atoms with Gasteiger partial charge < -0.3 is 4.74 Å². The zero-order valence-electron chi connectivity index (χ0n) is 14.9. The van der Waals surface area contributed by atoms with Gasteiger partial charge in [-0.25, -0.2) is 9.78 Å². The molecule has 0 aliphatic carbocycles. The number of ether oxygens (including phenoxy) is 1. The van der Waals surface area contributed by atoms with Gasteiger partial charge in [0.05, 0.1) is 5.54 Å². The van der Waals surface area contributed by atoms with Crippen molar-refractivity contribution in [3.63, 3.8) is 0 Å². The van der Waals surface area contributed by atoms with Crippen molar-refractivity contribution in [2.45, 2.75) is 50.7 Å². The third kappa shape index (κ3) is 3.52. The first kappa shape index (κ1) is 18.5. The van der Waals surface area contributed by atoms with E-state index in [-0.39, 0.29) is 6.09 Å². The highest BCUT2D eigenvalue weighted by Crippen LogP contribution is 2.43. The number of hydrogen-bond donors (Lipinski definition) is 0. The summed E-state index contributed by atoms with van der Waals surface area (Å²) in [5.74, 6) is 0. The van der Waals surface area contributed by atoms with Crippen molar-refractivity contribution in [1.82, 2.24) is 9.88 Å². The molecule has 0 saturated heterocycles. The fraction of sp³-hybridized carbons (Fsp3) is 0.444. The van der Waals surface area contributed by atoms with Gasteiger partial charge in [-0.1, -0.05) is 6.08 Å². The van der Waals surface area contributed by atoms with Gasteiger partial charge in [-0.3, -0.25) is 4.90 Å². The topological polar surface area (TPSA) is 42.4 Å². The Labute approximate surface area is 160 Å². The third-order valence-corrected chi connectivity index (χ3v) is 6.27. The molecule has 4 nitrogen and oxygen atoms in total. The van der Waals surface area contributed by atoms with Gasteiger partial charge in [0.2, 0.25) is 0 Å². The van der Waals surface area contributed by atoms with E-state index >= 15 is 0 Å². The zero-order chi connectivity index (χ0) is 18.4. The molecule has 0 bridgehead atoms. The number of amides is 1. The minimum Gasteiger partial charge on any atom is -0.444 e. The standard InChI is InChI=1S/C18H21ClN2O2S2/c1-17(2,3)23-16(22)21-9-7-12(18(21,4)5)14-10-11-13(25-19)6-8-20-15(11)24-14/h6-8,10H,9H2,1-5H3. The summed E-state index contributed by atoms with van der Waals surface area (Å²) in [5, 5.41) is 1.05. The second-order valence-electron chi connectivity index (χ2n) is 7.48. The van der Waals surface area contributed by atoms with Gasteiger partial charge in [0.15, 0.2) is 0 Å². The maximum atomic E-state index is 12.6. The smallest absolute Gasteiger partial charge is 0.411 e. The van der Waals surface area contributed by atoms with Crippen LogP contribution in [0.5, 0.6) is 0 Å². The Morgan fingerprint density at radius 1 is 1.44 bits per heavy atom. The number of nitrogens with zero attached hydrogens (tertiary/aromatic N) is 2. The number of hydrogen-bond acceptors (Lipinski definition) is 5. The minimum atomic E-state index is -0.510. The summed E-state index contributed by atoms with van der Waals surface area (Å²) in [7, 11) is 7.17. The van der Waals surface area contributed by atoms with Crippen LogP contribution >= 0.6 is 33.0 Å². The first-order valence-corrected chi connectivity index (χ1v) is 10.5. The molecular formula is C18H21ClN2O2S2. The highest BCUT2D eigenvalue weighted by atomic mass is 35.7. The molecule has 2 aromatic heterocycles. The number of rotatable bonds is 2. The molecule has 0 atom stereocenters. The molecule has 0 aromatic carbocycles. The van der Waals surface area contributed by atoms with Crippen molar-refractivity contribution in [3.8, 4) is 0 Å². The van der Waals surface area contributed by atoms with Crippen molar-refractivity contribution >= 4 is 54.9 Å². The van der Waals surface area contributed by atoms with Crippen LogP contribution in [0.2, 0.25) is 0 Å². The number of aromatic nitrogens is 1. The van der Waals surface area contributed by atoms with E-state index in [0.29, 0.717) is 6.54 Å². The first-order chi connectivity index (χ1) is 11.6. The van der Waals surface area contributed by atoms with Crippen molar-refractivity contribution in [3.05, 3.63) is 29.3 Å². The van der Waals surface area contributed by atoms with E-state index in [1.807, 2.05) is 40.7 Å². The van der Waals surface area contributed by atoms with Crippen molar-refractivity contribution in [1.29, 1.82) is 0 Å². The van der Waals surface area contributed by atoms with Gasteiger partial charge in [-0.05, 0) is 74.0 Å². The van der Waals surface area contributed by atoms with E-state index in [2.05, 4.69) is 17.1 Å².